The predicted octanol–water partition coefficient (Wildman–Crippen LogP) is 1.50. The van der Waals surface area contributed by atoms with Gasteiger partial charge < -0.3 is 16.0 Å². The van der Waals surface area contributed by atoms with E-state index in [1.807, 2.05) is 6.92 Å². The lowest BCUT2D eigenvalue weighted by atomic mass is 9.89. The summed E-state index contributed by atoms with van der Waals surface area (Å²) < 4.78 is 38.7. The summed E-state index contributed by atoms with van der Waals surface area (Å²) >= 11 is 0. The van der Waals surface area contributed by atoms with Gasteiger partial charge in [0, 0.05) is 13.1 Å². The normalized spacial score (nSPS) is 27.3. The van der Waals surface area contributed by atoms with Gasteiger partial charge in [-0.3, -0.25) is 4.79 Å². The summed E-state index contributed by atoms with van der Waals surface area (Å²) in [6.07, 6.45) is -1.66. The molecule has 1 heterocycles. The number of amides is 1. The van der Waals surface area contributed by atoms with Crippen LogP contribution in [0.15, 0.2) is 0 Å². The molecular weight excluding hydrogens is 283 g/mol. The second kappa shape index (κ2) is 6.12. The summed E-state index contributed by atoms with van der Waals surface area (Å²) in [4.78, 5) is 13.7. The van der Waals surface area contributed by atoms with Gasteiger partial charge in [0.25, 0.3) is 0 Å². The number of hydrogen-bond donors (Lipinski definition) is 2. The number of carbonyl (C=O) groups is 1. The molecule has 2 rings (SSSR count). The summed E-state index contributed by atoms with van der Waals surface area (Å²) in [5, 5.41) is 3.16. The number of likely N-dealkylation sites (N-methyl/N-ethyl adjacent to an activating group) is 1. The molecule has 0 bridgehead atoms. The minimum absolute atomic E-state index is 0.0311. The highest BCUT2D eigenvalue weighted by molar-refractivity contribution is 5.86. The average Bonchev–Trinajstić information content (AvgIpc) is 3.21. The standard InChI is InChI=1S/C14H24F3N3O/c1-2-19-13(12(18)21,10-5-6-10)9-20-7-3-4-11(8-20)14(15,16)17/h10-11,19H,2-9H2,1H3,(H2,18,21). The maximum absolute atomic E-state index is 12.9. The van der Waals surface area contributed by atoms with Crippen LogP contribution < -0.4 is 11.1 Å². The van der Waals surface area contributed by atoms with E-state index in [1.165, 1.54) is 0 Å². The van der Waals surface area contributed by atoms with Gasteiger partial charge in [-0.25, -0.2) is 0 Å². The molecule has 21 heavy (non-hydrogen) atoms. The Hall–Kier alpha value is -0.820. The molecule has 1 amide bonds. The van der Waals surface area contributed by atoms with Crippen molar-refractivity contribution in [1.82, 2.24) is 10.2 Å². The van der Waals surface area contributed by atoms with Gasteiger partial charge in [-0.05, 0) is 44.7 Å². The second-order valence-electron chi connectivity index (χ2n) is 6.26. The molecule has 1 saturated carbocycles. The number of piperidine rings is 1. The van der Waals surface area contributed by atoms with Crippen molar-refractivity contribution in [2.24, 2.45) is 17.6 Å². The first-order chi connectivity index (χ1) is 9.79. The van der Waals surface area contributed by atoms with Crippen LogP contribution in [0.1, 0.15) is 32.6 Å². The maximum atomic E-state index is 12.9. The molecule has 2 aliphatic rings. The number of primary amides is 1. The fourth-order valence-corrected chi connectivity index (χ4v) is 3.41. The lowest BCUT2D eigenvalue weighted by Gasteiger charge is -2.40. The number of carbonyl (C=O) groups excluding carboxylic acids is 1. The Balaban J connectivity index is 2.07. The lowest BCUT2D eigenvalue weighted by molar-refractivity contribution is -0.187. The highest BCUT2D eigenvalue weighted by Gasteiger charge is 2.51. The quantitative estimate of drug-likeness (QED) is 0.782. The topological polar surface area (TPSA) is 58.4 Å². The van der Waals surface area contributed by atoms with Gasteiger partial charge in [-0.1, -0.05) is 6.92 Å². The van der Waals surface area contributed by atoms with Crippen LogP contribution in [0, 0.1) is 11.8 Å². The van der Waals surface area contributed by atoms with Crippen molar-refractivity contribution in [1.29, 1.82) is 0 Å². The molecule has 2 atom stereocenters. The zero-order valence-corrected chi connectivity index (χ0v) is 12.4. The Morgan fingerprint density at radius 3 is 2.43 bits per heavy atom. The zero-order chi connectivity index (χ0) is 15.7. The number of nitrogens with two attached hydrogens (primary N) is 1. The molecule has 2 unspecified atom stereocenters. The van der Waals surface area contributed by atoms with E-state index in [4.69, 9.17) is 5.73 Å². The lowest BCUT2D eigenvalue weighted by Crippen LogP contribution is -2.64. The van der Waals surface area contributed by atoms with Gasteiger partial charge >= 0.3 is 6.18 Å². The third kappa shape index (κ3) is 3.69. The van der Waals surface area contributed by atoms with Crippen molar-refractivity contribution in [3.8, 4) is 0 Å². The SMILES string of the molecule is CCNC(CN1CCCC(C(F)(F)F)C1)(C(N)=O)C1CC1. The molecular formula is C14H24F3N3O. The van der Waals surface area contributed by atoms with Crippen molar-refractivity contribution >= 4 is 5.91 Å². The van der Waals surface area contributed by atoms with E-state index < -0.39 is 23.5 Å². The molecule has 0 radical (unpaired) electrons. The number of nitrogens with one attached hydrogen (secondary N) is 1. The minimum Gasteiger partial charge on any atom is -0.368 e. The van der Waals surface area contributed by atoms with Gasteiger partial charge in [0.05, 0.1) is 5.92 Å². The molecule has 0 aromatic carbocycles. The second-order valence-corrected chi connectivity index (χ2v) is 6.26. The van der Waals surface area contributed by atoms with Crippen molar-refractivity contribution < 1.29 is 18.0 Å². The van der Waals surface area contributed by atoms with Crippen molar-refractivity contribution in [2.75, 3.05) is 26.2 Å². The Kier molecular flexibility index (Phi) is 4.82. The monoisotopic (exact) mass is 307 g/mol. The first kappa shape index (κ1) is 16.5. The largest absolute Gasteiger partial charge is 0.393 e. The molecule has 0 aromatic heterocycles. The molecule has 1 aliphatic heterocycles. The fourth-order valence-electron chi connectivity index (χ4n) is 3.41. The minimum atomic E-state index is -4.16. The van der Waals surface area contributed by atoms with Crippen LogP contribution in [-0.2, 0) is 4.79 Å². The first-order valence-electron chi connectivity index (χ1n) is 7.63. The summed E-state index contributed by atoms with van der Waals surface area (Å²) in [7, 11) is 0. The summed E-state index contributed by atoms with van der Waals surface area (Å²) in [6.45, 7) is 3.31. The molecule has 1 saturated heterocycles. The van der Waals surface area contributed by atoms with Crippen LogP contribution in [0.5, 0.6) is 0 Å². The van der Waals surface area contributed by atoms with Crippen LogP contribution in [0.4, 0.5) is 13.2 Å². The molecule has 0 spiro atoms. The maximum Gasteiger partial charge on any atom is 0.393 e. The summed E-state index contributed by atoms with van der Waals surface area (Å²) in [5.41, 5.74) is 4.71. The average molecular weight is 307 g/mol. The van der Waals surface area contributed by atoms with E-state index in [9.17, 15) is 18.0 Å². The Morgan fingerprint density at radius 2 is 1.95 bits per heavy atom. The Labute approximate surface area is 123 Å². The molecule has 122 valence electrons. The Morgan fingerprint density at radius 1 is 1.29 bits per heavy atom. The zero-order valence-electron chi connectivity index (χ0n) is 12.4. The third-order valence-electron chi connectivity index (χ3n) is 4.65. The number of rotatable bonds is 6. The number of halogens is 3. The van der Waals surface area contributed by atoms with Gasteiger partial charge in [0.2, 0.25) is 5.91 Å². The van der Waals surface area contributed by atoms with E-state index in [0.29, 0.717) is 19.5 Å². The van der Waals surface area contributed by atoms with Gasteiger partial charge in [-0.2, -0.15) is 13.2 Å². The third-order valence-corrected chi connectivity index (χ3v) is 4.65. The van der Waals surface area contributed by atoms with Crippen LogP contribution >= 0.6 is 0 Å². The van der Waals surface area contributed by atoms with E-state index in [0.717, 1.165) is 12.8 Å². The van der Waals surface area contributed by atoms with Crippen LogP contribution in [-0.4, -0.2) is 48.7 Å². The molecule has 4 nitrogen and oxygen atoms in total. The van der Waals surface area contributed by atoms with E-state index >= 15 is 0 Å². The van der Waals surface area contributed by atoms with E-state index in [2.05, 4.69) is 5.32 Å². The van der Waals surface area contributed by atoms with Crippen molar-refractivity contribution in [2.45, 2.75) is 44.3 Å². The summed E-state index contributed by atoms with van der Waals surface area (Å²) in [6, 6.07) is 0. The number of nitrogens with zero attached hydrogens (tertiary/aromatic N) is 1. The Bertz CT molecular complexity index is 384. The number of alkyl halides is 3. The van der Waals surface area contributed by atoms with Crippen LogP contribution in [0.25, 0.3) is 0 Å². The first-order valence-corrected chi connectivity index (χ1v) is 7.63. The van der Waals surface area contributed by atoms with Crippen LogP contribution in [0.3, 0.4) is 0 Å². The fraction of sp³-hybridized carbons (Fsp3) is 0.929. The molecule has 1 aliphatic carbocycles. The van der Waals surface area contributed by atoms with Gasteiger partial charge in [0.15, 0.2) is 0 Å². The van der Waals surface area contributed by atoms with E-state index in [1.54, 1.807) is 4.90 Å². The van der Waals surface area contributed by atoms with Crippen molar-refractivity contribution in [3.63, 3.8) is 0 Å². The molecule has 0 aromatic rings. The smallest absolute Gasteiger partial charge is 0.368 e. The number of hydrogen-bond acceptors (Lipinski definition) is 3. The summed E-state index contributed by atoms with van der Waals surface area (Å²) in [5.74, 6) is -1.58. The molecule has 7 heteroatoms. The molecule has 2 fully saturated rings. The number of likely N-dealkylation sites (tertiary alicyclic amines) is 1. The van der Waals surface area contributed by atoms with Gasteiger partial charge in [0.1, 0.15) is 5.54 Å². The van der Waals surface area contributed by atoms with Crippen LogP contribution in [0.2, 0.25) is 0 Å². The highest BCUT2D eigenvalue weighted by Crippen LogP contribution is 2.41. The predicted molar refractivity (Wildman–Crippen MR) is 73.5 cm³/mol. The van der Waals surface area contributed by atoms with E-state index in [-0.39, 0.29) is 25.4 Å². The van der Waals surface area contributed by atoms with Gasteiger partial charge in [-0.15, -0.1) is 0 Å². The highest BCUT2D eigenvalue weighted by atomic mass is 19.4. The molecule has 3 N–H and O–H groups in total. The van der Waals surface area contributed by atoms with Crippen molar-refractivity contribution in [3.05, 3.63) is 0 Å².